The zero-order valence-corrected chi connectivity index (χ0v) is 38.6. The van der Waals surface area contributed by atoms with Crippen molar-refractivity contribution < 1.29 is 73.6 Å². The van der Waals surface area contributed by atoms with Crippen LogP contribution in [0.15, 0.2) is 72.1 Å². The number of aliphatic hydroxyl groups excluding tert-OH is 5. The zero-order valence-electron chi connectivity index (χ0n) is 38.6. The summed E-state index contributed by atoms with van der Waals surface area (Å²) in [4.78, 5) is 56.9. The molecule has 380 valence electrons. The number of aliphatic hydroxyl groups is 5. The van der Waals surface area contributed by atoms with Gasteiger partial charge in [0.1, 0.15) is 61.6 Å². The van der Waals surface area contributed by atoms with E-state index >= 15 is 4.79 Å². The summed E-state index contributed by atoms with van der Waals surface area (Å²) in [5, 5.41) is 76.7. The van der Waals surface area contributed by atoms with Crippen molar-refractivity contribution in [3.8, 4) is 11.5 Å². The number of carbonyl (C=O) groups excluding carboxylic acids is 4. The van der Waals surface area contributed by atoms with Crippen LogP contribution in [0, 0.1) is 5.92 Å². The summed E-state index contributed by atoms with van der Waals surface area (Å²) in [5.41, 5.74) is 10.6. The van der Waals surface area contributed by atoms with Gasteiger partial charge in [0.15, 0.2) is 23.1 Å². The summed E-state index contributed by atoms with van der Waals surface area (Å²) in [6.45, 7) is -0.959. The molecule has 0 saturated carbocycles. The molecule has 71 heavy (non-hydrogen) atoms. The Morgan fingerprint density at radius 3 is 2.62 bits per heavy atom. The number of hydrogen-bond donors (Lipinski definition) is 12. The van der Waals surface area contributed by atoms with Gasteiger partial charge in [-0.2, -0.15) is 0 Å². The number of para-hydroxylation sites is 1. The van der Waals surface area contributed by atoms with E-state index < -0.39 is 91.9 Å². The average Bonchev–Trinajstić information content (AvgIpc) is 3.79. The maximum Gasteiger partial charge on any atom is 0.242 e. The van der Waals surface area contributed by atoms with Crippen molar-refractivity contribution >= 4 is 29.4 Å². The van der Waals surface area contributed by atoms with E-state index in [0.717, 1.165) is 5.57 Å². The van der Waals surface area contributed by atoms with Gasteiger partial charge in [-0.25, -0.2) is 0 Å². The lowest BCUT2D eigenvalue weighted by Crippen LogP contribution is -2.70. The van der Waals surface area contributed by atoms with E-state index in [9.17, 15) is 45.1 Å². The van der Waals surface area contributed by atoms with Gasteiger partial charge in [0.25, 0.3) is 0 Å². The van der Waals surface area contributed by atoms with Gasteiger partial charge in [0, 0.05) is 53.4 Å². The number of hydroxylamine groups is 1. The highest BCUT2D eigenvalue weighted by atomic mass is 16.7. The normalized spacial score (nSPS) is 28.5. The number of nitrogens with zero attached hydrogens (tertiary/aromatic N) is 1. The van der Waals surface area contributed by atoms with E-state index in [1.165, 1.54) is 18.2 Å². The minimum atomic E-state index is -1.65. The van der Waals surface area contributed by atoms with E-state index in [-0.39, 0.29) is 97.6 Å². The predicted octanol–water partition coefficient (Wildman–Crippen LogP) is -1.19. The number of hydrogen-bond acceptors (Lipinski definition) is 21. The highest BCUT2D eigenvalue weighted by molar-refractivity contribution is 6.29. The Balaban J connectivity index is 1.27. The van der Waals surface area contributed by atoms with Crippen molar-refractivity contribution in [3.63, 3.8) is 0 Å². The number of ketones is 2. The molecule has 5 aliphatic heterocycles. The summed E-state index contributed by atoms with van der Waals surface area (Å²) in [6, 6.07) is 12.6. The molecule has 6 aliphatic rings. The standard InChI is InChI=1S/C49H59N7O15/c50-49-53-46-38(47(65)54-49)52-23-56(46)33-6-2-1-5-29(33)36-26(4-3-13-57)20-67-22-34-41(63)42(64)45(68-15-11-24-9-12-51-35(17-24)55-66)48(70-34)71-43-32(36)18-31-37(44(43)69-21-27(60)10-14-58)40(62)30-16-25(19-59)7-8-28(30)39(31)61/h1-2,5-9,14,16-18,26-27,34,36,38,41-42,45-46,48-49,51-53,55,57,59-60,63-64,66H,3-4,10-13,15,19-23,50H2,(H,54,65)/t26-,27+,34-,36-,38+,41-,42+,45-,46+,48+,49-/m0/s1. The first-order chi connectivity index (χ1) is 34.4. The van der Waals surface area contributed by atoms with E-state index in [2.05, 4.69) is 26.7 Å². The van der Waals surface area contributed by atoms with Crippen molar-refractivity contribution in [2.24, 2.45) is 11.7 Å². The molecule has 2 bridgehead atoms. The molecule has 1 amide bonds. The summed E-state index contributed by atoms with van der Waals surface area (Å²) < 4.78 is 32.7. The Bertz CT molecular complexity index is 2560. The Morgan fingerprint density at radius 1 is 1.00 bits per heavy atom. The van der Waals surface area contributed by atoms with Crippen LogP contribution in [0.2, 0.25) is 0 Å². The van der Waals surface area contributed by atoms with Gasteiger partial charge in [-0.1, -0.05) is 30.3 Å². The van der Waals surface area contributed by atoms with Crippen LogP contribution in [-0.2, 0) is 30.4 Å². The lowest BCUT2D eigenvalue weighted by atomic mass is 9.74. The van der Waals surface area contributed by atoms with Gasteiger partial charge in [0.2, 0.25) is 12.2 Å². The van der Waals surface area contributed by atoms with Crippen molar-refractivity contribution in [2.75, 3.05) is 51.1 Å². The zero-order chi connectivity index (χ0) is 49.9. The van der Waals surface area contributed by atoms with Crippen LogP contribution in [-0.4, -0.2) is 156 Å². The van der Waals surface area contributed by atoms with Gasteiger partial charge in [0.05, 0.1) is 44.8 Å². The number of nitrogens with one attached hydrogen (secondary N) is 5. The minimum absolute atomic E-state index is 0.0343. The Hall–Kier alpha value is -5.86. The fourth-order valence-corrected chi connectivity index (χ4v) is 10.3. The molecule has 13 N–H and O–H groups in total. The molecule has 9 rings (SSSR count). The van der Waals surface area contributed by atoms with E-state index in [0.29, 0.717) is 41.9 Å². The van der Waals surface area contributed by atoms with Gasteiger partial charge in [-0.15, -0.1) is 0 Å². The van der Waals surface area contributed by atoms with Crippen LogP contribution < -0.4 is 46.9 Å². The predicted molar refractivity (Wildman–Crippen MR) is 249 cm³/mol. The number of nitrogens with two attached hydrogens (primary N) is 1. The van der Waals surface area contributed by atoms with Crippen molar-refractivity contribution in [1.29, 1.82) is 0 Å². The van der Waals surface area contributed by atoms with E-state index in [4.69, 9.17) is 29.4 Å². The van der Waals surface area contributed by atoms with Gasteiger partial charge in [-0.3, -0.25) is 41.4 Å². The number of allylic oxidation sites excluding steroid dienone is 1. The Kier molecular flexibility index (Phi) is 15.4. The Labute approximate surface area is 407 Å². The average molecular weight is 986 g/mol. The fraction of sp³-hybridized carbons (Fsp3) is 0.469. The maximum atomic E-state index is 15.1. The molecule has 1 aliphatic carbocycles. The van der Waals surface area contributed by atoms with Crippen LogP contribution in [0.5, 0.6) is 11.5 Å². The third kappa shape index (κ3) is 10.0. The third-order valence-electron chi connectivity index (χ3n) is 13.8. The largest absolute Gasteiger partial charge is 0.486 e. The molecular weight excluding hydrogens is 927 g/mol. The molecule has 3 saturated heterocycles. The third-order valence-corrected chi connectivity index (χ3v) is 13.8. The molecule has 3 aromatic rings. The number of anilines is 1. The molecule has 22 heteroatoms. The lowest BCUT2D eigenvalue weighted by Gasteiger charge is -2.42. The van der Waals surface area contributed by atoms with Crippen LogP contribution in [0.1, 0.15) is 80.1 Å². The number of rotatable bonds is 16. The monoisotopic (exact) mass is 985 g/mol. The van der Waals surface area contributed by atoms with Crippen LogP contribution in [0.25, 0.3) is 0 Å². The molecule has 3 fully saturated rings. The number of benzene rings is 3. The lowest BCUT2D eigenvalue weighted by molar-refractivity contribution is -0.289. The first kappa shape index (κ1) is 50.1. The molecule has 0 aromatic heterocycles. The number of aldehydes is 1. The molecule has 0 unspecified atom stereocenters. The van der Waals surface area contributed by atoms with E-state index in [1.54, 1.807) is 12.1 Å². The topological polar surface area (TPSA) is 325 Å². The van der Waals surface area contributed by atoms with Gasteiger partial charge in [-0.05, 0) is 72.2 Å². The summed E-state index contributed by atoms with van der Waals surface area (Å²) in [7, 11) is 0. The molecular formula is C49H59N7O15. The fourth-order valence-electron chi connectivity index (χ4n) is 10.3. The molecule has 5 heterocycles. The second-order valence-corrected chi connectivity index (χ2v) is 18.3. The van der Waals surface area contributed by atoms with Gasteiger partial charge >= 0.3 is 0 Å². The van der Waals surface area contributed by atoms with Crippen molar-refractivity contribution in [1.82, 2.24) is 26.7 Å². The Morgan fingerprint density at radius 2 is 1.83 bits per heavy atom. The molecule has 0 spiro atoms. The van der Waals surface area contributed by atoms with Crippen LogP contribution in [0.4, 0.5) is 5.69 Å². The second kappa shape index (κ2) is 21.9. The molecule has 3 aromatic carbocycles. The molecule has 0 radical (unpaired) electrons. The maximum absolute atomic E-state index is 15.1. The SMILES string of the molecule is N[C@@H]1NC(=O)[C@@H]2NCN(c3ccccc3[C@H]3c4cc5c(c(OC[C@H](O)CC=O)c4O[C@H]4O[C@@H](COC[C@@H]3CCCO)[C@H](O)[C@@H](O)[C@@H]4OCCC3=CCNC(NO)=C3)C(=O)c3cc(CO)ccc3C5=O)[C@H]2N1. The summed E-state index contributed by atoms with van der Waals surface area (Å²) in [5.74, 6) is -3.16. The minimum Gasteiger partial charge on any atom is -0.486 e. The number of amides is 1. The van der Waals surface area contributed by atoms with Crippen molar-refractivity contribution in [2.45, 2.75) is 93.5 Å². The van der Waals surface area contributed by atoms with Crippen LogP contribution >= 0.6 is 0 Å². The van der Waals surface area contributed by atoms with Crippen molar-refractivity contribution in [3.05, 3.63) is 111 Å². The number of carbonyl (C=O) groups is 4. The molecule has 11 atom stereocenters. The number of ether oxygens (including phenoxy) is 5. The number of fused-ring (bicyclic) bond motifs is 6. The van der Waals surface area contributed by atoms with E-state index in [1.807, 2.05) is 35.2 Å². The second-order valence-electron chi connectivity index (χ2n) is 18.3. The highest BCUT2D eigenvalue weighted by Crippen LogP contribution is 2.52. The summed E-state index contributed by atoms with van der Waals surface area (Å²) in [6.07, 6.45) is -5.78. The first-order valence-corrected chi connectivity index (χ1v) is 23.7. The first-order valence-electron chi connectivity index (χ1n) is 23.7. The smallest absolute Gasteiger partial charge is 0.242 e. The summed E-state index contributed by atoms with van der Waals surface area (Å²) >= 11 is 0. The highest BCUT2D eigenvalue weighted by Gasteiger charge is 2.50. The quantitative estimate of drug-likeness (QED) is 0.0464. The number of dihydropyridines is 1. The molecule has 22 nitrogen and oxygen atoms in total. The van der Waals surface area contributed by atoms with Gasteiger partial charge < -0.3 is 69.5 Å². The van der Waals surface area contributed by atoms with Crippen LogP contribution in [0.3, 0.4) is 0 Å².